The summed E-state index contributed by atoms with van der Waals surface area (Å²) in [6, 6.07) is 6.92. The van der Waals surface area contributed by atoms with Crippen LogP contribution in [-0.2, 0) is 0 Å². The summed E-state index contributed by atoms with van der Waals surface area (Å²) in [4.78, 5) is 18.0. The normalized spacial score (nSPS) is 23.6. The third-order valence-corrected chi connectivity index (χ3v) is 5.32. The van der Waals surface area contributed by atoms with Gasteiger partial charge in [-0.1, -0.05) is 12.1 Å². The van der Waals surface area contributed by atoms with Gasteiger partial charge in [-0.3, -0.25) is 4.79 Å². The number of hydrogen-bond donors (Lipinski definition) is 2. The number of likely N-dealkylation sites (tertiary alicyclic amines) is 1. The smallest absolute Gasteiger partial charge is 0.222 e. The Bertz CT molecular complexity index is 701. The molecule has 1 unspecified atom stereocenters. The Morgan fingerprint density at radius 2 is 2.09 bits per heavy atom. The zero-order chi connectivity index (χ0) is 15.9. The fraction of sp³-hybridized carbons (Fsp3) is 0.526. The van der Waals surface area contributed by atoms with Crippen molar-refractivity contribution in [2.24, 2.45) is 0 Å². The number of piperidine rings is 1. The molecule has 3 heteroatoms. The SMILES string of the molecule is Cc1ccc2c(C(=O)[C@@H](C)[NH+]3CCCC[C@@H]3C)c(C)[nH]c2c1. The maximum absolute atomic E-state index is 13.1. The molecule has 22 heavy (non-hydrogen) atoms. The van der Waals surface area contributed by atoms with Crippen molar-refractivity contribution in [2.45, 2.75) is 59.0 Å². The molecule has 0 bridgehead atoms. The van der Waals surface area contributed by atoms with Gasteiger partial charge in [-0.15, -0.1) is 0 Å². The molecule has 0 amide bonds. The van der Waals surface area contributed by atoms with Crippen LogP contribution in [0.25, 0.3) is 10.9 Å². The van der Waals surface area contributed by atoms with Crippen LogP contribution >= 0.6 is 0 Å². The number of carbonyl (C=O) groups is 1. The molecule has 2 N–H and O–H groups in total. The maximum atomic E-state index is 13.1. The number of carbonyl (C=O) groups excluding carboxylic acids is 1. The number of fused-ring (bicyclic) bond motifs is 1. The number of nitrogens with one attached hydrogen (secondary N) is 2. The summed E-state index contributed by atoms with van der Waals surface area (Å²) < 4.78 is 0. The number of ketones is 1. The minimum Gasteiger partial charge on any atom is -0.358 e. The van der Waals surface area contributed by atoms with Gasteiger partial charge >= 0.3 is 0 Å². The van der Waals surface area contributed by atoms with Crippen LogP contribution in [0, 0.1) is 13.8 Å². The number of aromatic amines is 1. The summed E-state index contributed by atoms with van der Waals surface area (Å²) in [7, 11) is 0. The molecule has 1 saturated heterocycles. The van der Waals surface area contributed by atoms with E-state index in [4.69, 9.17) is 0 Å². The highest BCUT2D eigenvalue weighted by atomic mass is 16.1. The van der Waals surface area contributed by atoms with Gasteiger partial charge in [0.1, 0.15) is 6.04 Å². The molecule has 0 aliphatic carbocycles. The summed E-state index contributed by atoms with van der Waals surface area (Å²) in [6.45, 7) is 9.60. The summed E-state index contributed by atoms with van der Waals surface area (Å²) in [5.41, 5.74) is 4.19. The summed E-state index contributed by atoms with van der Waals surface area (Å²) in [6.07, 6.45) is 3.78. The number of Topliss-reactive ketones (excluding diaryl/α,β-unsaturated/α-hetero) is 1. The van der Waals surface area contributed by atoms with Crippen molar-refractivity contribution in [3.63, 3.8) is 0 Å². The highest BCUT2D eigenvalue weighted by Gasteiger charge is 2.33. The lowest BCUT2D eigenvalue weighted by Crippen LogP contribution is -3.20. The van der Waals surface area contributed by atoms with Crippen molar-refractivity contribution in [3.8, 4) is 0 Å². The highest BCUT2D eigenvalue weighted by Crippen LogP contribution is 2.24. The molecule has 118 valence electrons. The molecule has 1 fully saturated rings. The van der Waals surface area contributed by atoms with Crippen molar-refractivity contribution >= 4 is 16.7 Å². The van der Waals surface area contributed by atoms with Crippen LogP contribution in [0.2, 0.25) is 0 Å². The molecule has 2 heterocycles. The first-order valence-electron chi connectivity index (χ1n) is 8.47. The van der Waals surface area contributed by atoms with E-state index in [0.717, 1.165) is 28.7 Å². The van der Waals surface area contributed by atoms with Crippen LogP contribution < -0.4 is 4.90 Å². The second kappa shape index (κ2) is 5.88. The molecule has 1 aliphatic rings. The van der Waals surface area contributed by atoms with Crippen LogP contribution in [0.3, 0.4) is 0 Å². The Morgan fingerprint density at radius 3 is 2.82 bits per heavy atom. The van der Waals surface area contributed by atoms with E-state index in [0.29, 0.717) is 6.04 Å². The lowest BCUT2D eigenvalue weighted by molar-refractivity contribution is -0.941. The molecule has 1 aliphatic heterocycles. The first-order valence-corrected chi connectivity index (χ1v) is 8.47. The second-order valence-corrected chi connectivity index (χ2v) is 6.98. The van der Waals surface area contributed by atoms with Crippen molar-refractivity contribution in [1.29, 1.82) is 0 Å². The molecule has 3 nitrogen and oxygen atoms in total. The molecule has 1 aromatic carbocycles. The van der Waals surface area contributed by atoms with Crippen LogP contribution in [0.1, 0.15) is 54.7 Å². The van der Waals surface area contributed by atoms with E-state index in [-0.39, 0.29) is 11.8 Å². The summed E-state index contributed by atoms with van der Waals surface area (Å²) >= 11 is 0. The molecule has 0 radical (unpaired) electrons. The second-order valence-electron chi connectivity index (χ2n) is 6.98. The van der Waals surface area contributed by atoms with Gasteiger partial charge in [-0.2, -0.15) is 0 Å². The lowest BCUT2D eigenvalue weighted by atomic mass is 9.96. The minimum atomic E-state index is 0.0364. The average Bonchev–Trinajstić information content (AvgIpc) is 2.81. The Morgan fingerprint density at radius 1 is 1.32 bits per heavy atom. The number of aromatic nitrogens is 1. The van der Waals surface area contributed by atoms with Gasteiger partial charge in [0.25, 0.3) is 0 Å². The quantitative estimate of drug-likeness (QED) is 0.840. The fourth-order valence-electron chi connectivity index (χ4n) is 4.00. The molecule has 2 aromatic rings. The number of H-pyrrole nitrogens is 1. The van der Waals surface area contributed by atoms with Gasteiger partial charge in [0.2, 0.25) is 5.78 Å². The standard InChI is InChI=1S/C19H26N2O/c1-12-8-9-16-17(11-12)20-14(3)18(16)19(22)15(4)21-10-6-5-7-13(21)2/h8-9,11,13,15,20H,5-7,10H2,1-4H3/p+1/t13-,15+/m0/s1. The topological polar surface area (TPSA) is 37.3 Å². The monoisotopic (exact) mass is 299 g/mol. The predicted molar refractivity (Wildman–Crippen MR) is 90.7 cm³/mol. The average molecular weight is 299 g/mol. The van der Waals surface area contributed by atoms with E-state index in [1.165, 1.54) is 29.7 Å². The van der Waals surface area contributed by atoms with E-state index in [2.05, 4.69) is 44.0 Å². The summed E-state index contributed by atoms with van der Waals surface area (Å²) in [5.74, 6) is 0.288. The van der Waals surface area contributed by atoms with Gasteiger partial charge in [-0.05, 0) is 58.6 Å². The lowest BCUT2D eigenvalue weighted by Gasteiger charge is -2.34. The number of aryl methyl sites for hydroxylation is 2. The van der Waals surface area contributed by atoms with Gasteiger partial charge in [0.05, 0.1) is 18.2 Å². The maximum Gasteiger partial charge on any atom is 0.222 e. The molecular weight excluding hydrogens is 272 g/mol. The molecule has 0 saturated carbocycles. The highest BCUT2D eigenvalue weighted by molar-refractivity contribution is 6.11. The van der Waals surface area contributed by atoms with Gasteiger partial charge in [0, 0.05) is 16.6 Å². The minimum absolute atomic E-state index is 0.0364. The van der Waals surface area contributed by atoms with Crippen molar-refractivity contribution in [2.75, 3.05) is 6.54 Å². The third-order valence-electron chi connectivity index (χ3n) is 5.32. The van der Waals surface area contributed by atoms with E-state index < -0.39 is 0 Å². The van der Waals surface area contributed by atoms with Crippen molar-refractivity contribution in [1.82, 2.24) is 4.98 Å². The van der Waals surface area contributed by atoms with Crippen LogP contribution in [0.15, 0.2) is 18.2 Å². The van der Waals surface area contributed by atoms with Gasteiger partial charge in [-0.25, -0.2) is 0 Å². The first kappa shape index (κ1) is 15.3. The van der Waals surface area contributed by atoms with Crippen molar-refractivity contribution in [3.05, 3.63) is 35.0 Å². The molecule has 3 rings (SSSR count). The Labute approximate surface area is 132 Å². The van der Waals surface area contributed by atoms with Gasteiger partial charge in [0.15, 0.2) is 0 Å². The number of hydrogen-bond acceptors (Lipinski definition) is 1. The van der Waals surface area contributed by atoms with Crippen LogP contribution in [-0.4, -0.2) is 29.4 Å². The molecular formula is C19H27N2O+. The third kappa shape index (κ3) is 2.58. The zero-order valence-corrected chi connectivity index (χ0v) is 14.1. The van der Waals surface area contributed by atoms with Gasteiger partial charge < -0.3 is 9.88 Å². The number of rotatable bonds is 3. The molecule has 1 aromatic heterocycles. The van der Waals surface area contributed by atoms with E-state index >= 15 is 0 Å². The Kier molecular flexibility index (Phi) is 4.09. The largest absolute Gasteiger partial charge is 0.358 e. The number of benzene rings is 1. The Balaban J connectivity index is 1.96. The van der Waals surface area contributed by atoms with Crippen molar-refractivity contribution < 1.29 is 9.69 Å². The van der Waals surface area contributed by atoms with Crippen LogP contribution in [0.5, 0.6) is 0 Å². The number of quaternary nitrogens is 1. The Hall–Kier alpha value is -1.61. The predicted octanol–water partition coefficient (Wildman–Crippen LogP) is 2.81. The van der Waals surface area contributed by atoms with Crippen LogP contribution in [0.4, 0.5) is 0 Å². The summed E-state index contributed by atoms with van der Waals surface area (Å²) in [5, 5.41) is 1.07. The van der Waals surface area contributed by atoms with E-state index in [1.807, 2.05) is 6.92 Å². The molecule has 0 spiro atoms. The fourth-order valence-corrected chi connectivity index (χ4v) is 4.00. The first-order chi connectivity index (χ1) is 10.5. The molecule has 3 atom stereocenters. The zero-order valence-electron chi connectivity index (χ0n) is 14.1. The van der Waals surface area contributed by atoms with E-state index in [9.17, 15) is 4.79 Å². The van der Waals surface area contributed by atoms with E-state index in [1.54, 1.807) is 0 Å².